The molecule has 1 atom stereocenters. The van der Waals surface area contributed by atoms with Crippen LogP contribution in [-0.2, 0) is 10.0 Å². The van der Waals surface area contributed by atoms with E-state index >= 15 is 0 Å². The van der Waals surface area contributed by atoms with Gasteiger partial charge in [-0.2, -0.15) is 0 Å². The highest BCUT2D eigenvalue weighted by atomic mass is 32.2. The minimum Gasteiger partial charge on any atom is -0.212 e. The molecular formula is C8H17NO2S. The molecule has 1 saturated heterocycles. The lowest BCUT2D eigenvalue weighted by molar-refractivity contribution is 0.306. The smallest absolute Gasteiger partial charge is 0.212 e. The first-order valence-corrected chi connectivity index (χ1v) is 5.67. The Morgan fingerprint density at radius 2 is 1.92 bits per heavy atom. The van der Waals surface area contributed by atoms with E-state index in [1.54, 1.807) is 20.9 Å². The minimum absolute atomic E-state index is 0.466. The van der Waals surface area contributed by atoms with Gasteiger partial charge in [0.05, 0.1) is 4.75 Å². The predicted octanol–water partition coefficient (Wildman–Crippen LogP) is 1.07. The molecule has 12 heavy (non-hydrogen) atoms. The average molecular weight is 191 g/mol. The first-order chi connectivity index (χ1) is 5.27. The molecule has 0 spiro atoms. The fourth-order valence-corrected chi connectivity index (χ4v) is 3.76. The topological polar surface area (TPSA) is 37.4 Å². The largest absolute Gasteiger partial charge is 0.219 e. The molecule has 0 bridgehead atoms. The van der Waals surface area contributed by atoms with Crippen molar-refractivity contribution < 1.29 is 8.42 Å². The summed E-state index contributed by atoms with van der Waals surface area (Å²) in [5.74, 6) is 0.466. The molecule has 0 N–H and O–H groups in total. The van der Waals surface area contributed by atoms with Crippen LogP contribution in [0.2, 0.25) is 0 Å². The summed E-state index contributed by atoms with van der Waals surface area (Å²) >= 11 is 0. The Balaban J connectivity index is 3.03. The highest BCUT2D eigenvalue weighted by molar-refractivity contribution is 7.90. The van der Waals surface area contributed by atoms with Gasteiger partial charge in [0, 0.05) is 13.6 Å². The summed E-state index contributed by atoms with van der Waals surface area (Å²) < 4.78 is 24.3. The minimum atomic E-state index is -3.04. The Morgan fingerprint density at radius 1 is 1.42 bits per heavy atom. The third-order valence-corrected chi connectivity index (χ3v) is 5.05. The number of hydrogen-bond acceptors (Lipinski definition) is 2. The first kappa shape index (κ1) is 9.99. The lowest BCUT2D eigenvalue weighted by Crippen LogP contribution is -2.50. The third kappa shape index (κ3) is 1.38. The molecular weight excluding hydrogens is 174 g/mol. The predicted molar refractivity (Wildman–Crippen MR) is 49.4 cm³/mol. The highest BCUT2D eigenvalue weighted by Crippen LogP contribution is 2.32. The highest BCUT2D eigenvalue weighted by Gasteiger charge is 2.42. The molecule has 1 fully saturated rings. The van der Waals surface area contributed by atoms with Crippen LogP contribution in [0.3, 0.4) is 0 Å². The Kier molecular flexibility index (Phi) is 2.25. The molecule has 0 aromatic heterocycles. The van der Waals surface area contributed by atoms with E-state index < -0.39 is 14.8 Å². The first-order valence-electron chi connectivity index (χ1n) is 4.23. The number of rotatable bonds is 0. The maximum Gasteiger partial charge on any atom is 0.219 e. The van der Waals surface area contributed by atoms with Crippen molar-refractivity contribution in [3.05, 3.63) is 0 Å². The van der Waals surface area contributed by atoms with Crippen LogP contribution in [0.5, 0.6) is 0 Å². The fourth-order valence-electron chi connectivity index (χ4n) is 1.97. The zero-order valence-corrected chi connectivity index (χ0v) is 8.98. The van der Waals surface area contributed by atoms with Crippen molar-refractivity contribution >= 4 is 10.0 Å². The van der Waals surface area contributed by atoms with Gasteiger partial charge in [0.2, 0.25) is 10.0 Å². The molecule has 0 aliphatic carbocycles. The Bertz CT molecular complexity index is 269. The molecule has 0 saturated carbocycles. The van der Waals surface area contributed by atoms with Gasteiger partial charge < -0.3 is 0 Å². The molecule has 0 radical (unpaired) electrons. The maximum absolute atomic E-state index is 11.7. The molecule has 0 aromatic rings. The molecule has 0 amide bonds. The van der Waals surface area contributed by atoms with Crippen molar-refractivity contribution in [3.8, 4) is 0 Å². The molecule has 0 aromatic carbocycles. The van der Waals surface area contributed by atoms with Crippen LogP contribution in [0.25, 0.3) is 0 Å². The normalized spacial score (nSPS) is 34.8. The summed E-state index contributed by atoms with van der Waals surface area (Å²) in [6, 6.07) is 0. The maximum atomic E-state index is 11.7. The molecule has 3 nitrogen and oxygen atoms in total. The summed E-state index contributed by atoms with van der Waals surface area (Å²) in [5, 5.41) is 0. The zero-order chi connectivity index (χ0) is 9.57. The lowest BCUT2D eigenvalue weighted by atomic mass is 9.98. The van der Waals surface area contributed by atoms with E-state index in [4.69, 9.17) is 0 Å². The number of sulfonamides is 1. The molecule has 4 heteroatoms. The monoisotopic (exact) mass is 191 g/mol. The second-order valence-electron chi connectivity index (χ2n) is 4.35. The second kappa shape index (κ2) is 2.70. The zero-order valence-electron chi connectivity index (χ0n) is 8.16. The van der Waals surface area contributed by atoms with Gasteiger partial charge in [-0.1, -0.05) is 6.92 Å². The van der Waals surface area contributed by atoms with E-state index in [0.717, 1.165) is 6.42 Å². The molecule has 1 rings (SSSR count). The van der Waals surface area contributed by atoms with Gasteiger partial charge in [-0.05, 0) is 26.2 Å². The lowest BCUT2D eigenvalue weighted by Gasteiger charge is -2.38. The summed E-state index contributed by atoms with van der Waals surface area (Å²) in [5.41, 5.74) is 0. The van der Waals surface area contributed by atoms with Crippen LogP contribution in [0, 0.1) is 5.92 Å². The summed E-state index contributed by atoms with van der Waals surface area (Å²) in [6.07, 6.45) is 0.764. The van der Waals surface area contributed by atoms with Gasteiger partial charge >= 0.3 is 0 Å². The quantitative estimate of drug-likeness (QED) is 0.574. The van der Waals surface area contributed by atoms with Gasteiger partial charge in [0.25, 0.3) is 0 Å². The van der Waals surface area contributed by atoms with E-state index in [2.05, 4.69) is 6.92 Å². The van der Waals surface area contributed by atoms with Crippen molar-refractivity contribution in [1.82, 2.24) is 4.31 Å². The van der Waals surface area contributed by atoms with Gasteiger partial charge in [0.15, 0.2) is 0 Å². The summed E-state index contributed by atoms with van der Waals surface area (Å²) in [6.45, 7) is 6.35. The van der Waals surface area contributed by atoms with Crippen LogP contribution >= 0.6 is 0 Å². The van der Waals surface area contributed by atoms with Crippen LogP contribution in [0.4, 0.5) is 0 Å². The molecule has 1 heterocycles. The van der Waals surface area contributed by atoms with E-state index in [-0.39, 0.29) is 0 Å². The summed E-state index contributed by atoms with van der Waals surface area (Å²) in [4.78, 5) is 0. The van der Waals surface area contributed by atoms with Crippen molar-refractivity contribution in [2.24, 2.45) is 5.92 Å². The van der Waals surface area contributed by atoms with Gasteiger partial charge in [-0.3, -0.25) is 0 Å². The molecule has 1 aliphatic rings. The summed E-state index contributed by atoms with van der Waals surface area (Å²) in [7, 11) is -1.38. The van der Waals surface area contributed by atoms with Gasteiger partial charge in [0.1, 0.15) is 0 Å². The molecule has 1 aliphatic heterocycles. The van der Waals surface area contributed by atoms with E-state index in [0.29, 0.717) is 12.5 Å². The fraction of sp³-hybridized carbons (Fsp3) is 1.00. The van der Waals surface area contributed by atoms with Gasteiger partial charge in [-0.15, -0.1) is 0 Å². The van der Waals surface area contributed by atoms with E-state index in [1.807, 2.05) is 0 Å². The van der Waals surface area contributed by atoms with Crippen LogP contribution in [0.15, 0.2) is 0 Å². The van der Waals surface area contributed by atoms with Crippen LogP contribution in [0.1, 0.15) is 27.2 Å². The van der Waals surface area contributed by atoms with Crippen molar-refractivity contribution in [1.29, 1.82) is 0 Å². The van der Waals surface area contributed by atoms with Crippen molar-refractivity contribution in [2.75, 3.05) is 13.6 Å². The standard InChI is InChI=1S/C8H17NO2S/c1-7-5-8(2,3)12(10,11)9(4)6-7/h7H,5-6H2,1-4H3. The van der Waals surface area contributed by atoms with Crippen molar-refractivity contribution in [3.63, 3.8) is 0 Å². The van der Waals surface area contributed by atoms with E-state index in [9.17, 15) is 8.42 Å². The number of nitrogens with zero attached hydrogens (tertiary/aromatic N) is 1. The SMILES string of the molecule is CC1CN(C)S(=O)(=O)C(C)(C)C1. The van der Waals surface area contributed by atoms with Crippen molar-refractivity contribution in [2.45, 2.75) is 31.9 Å². The van der Waals surface area contributed by atoms with E-state index in [1.165, 1.54) is 4.31 Å². The Hall–Kier alpha value is -0.0900. The van der Waals surface area contributed by atoms with Crippen LogP contribution < -0.4 is 0 Å². The average Bonchev–Trinajstić information content (AvgIpc) is 1.82. The Labute approximate surface area is 74.8 Å². The molecule has 72 valence electrons. The molecule has 1 unspecified atom stereocenters. The Morgan fingerprint density at radius 3 is 2.33 bits per heavy atom. The van der Waals surface area contributed by atoms with Gasteiger partial charge in [-0.25, -0.2) is 12.7 Å². The second-order valence-corrected chi connectivity index (χ2v) is 7.03. The third-order valence-electron chi connectivity index (χ3n) is 2.52. The number of hydrogen-bond donors (Lipinski definition) is 0. The van der Waals surface area contributed by atoms with Crippen LogP contribution in [-0.4, -0.2) is 31.1 Å².